The fourth-order valence-corrected chi connectivity index (χ4v) is 2.34. The van der Waals surface area contributed by atoms with Crippen molar-refractivity contribution in [2.24, 2.45) is 0 Å². The normalized spacial score (nSPS) is 16.3. The van der Waals surface area contributed by atoms with Crippen molar-refractivity contribution in [3.8, 4) is 5.75 Å². The first kappa shape index (κ1) is 12.2. The largest absolute Gasteiger partial charge is 0.493 e. The van der Waals surface area contributed by atoms with Gasteiger partial charge in [-0.1, -0.05) is 18.2 Å². The lowest BCUT2D eigenvalue weighted by Gasteiger charge is -2.17. The maximum atomic E-state index is 10.6. The minimum atomic E-state index is -0.689. The van der Waals surface area contributed by atoms with E-state index in [1.807, 2.05) is 31.2 Å². The van der Waals surface area contributed by atoms with Crippen LogP contribution in [0.1, 0.15) is 43.2 Å². The highest BCUT2D eigenvalue weighted by molar-refractivity contribution is 5.38. The molecule has 0 amide bonds. The number of aliphatic hydroxyl groups is 1. The topological polar surface area (TPSA) is 47.3 Å². The van der Waals surface area contributed by atoms with Crippen LogP contribution in [0, 0.1) is 0 Å². The molecule has 1 aromatic carbocycles. The summed E-state index contributed by atoms with van der Waals surface area (Å²) >= 11 is 0. The van der Waals surface area contributed by atoms with Crippen molar-refractivity contribution in [2.45, 2.75) is 31.9 Å². The third-order valence-corrected chi connectivity index (χ3v) is 3.43. The van der Waals surface area contributed by atoms with E-state index in [1.165, 1.54) is 12.8 Å². The second-order valence-electron chi connectivity index (χ2n) is 4.83. The summed E-state index contributed by atoms with van der Waals surface area (Å²) in [5, 5.41) is 10.6. The van der Waals surface area contributed by atoms with Crippen molar-refractivity contribution in [3.05, 3.63) is 48.0 Å². The fraction of sp³-hybridized carbons (Fsp3) is 0.400. The lowest BCUT2D eigenvalue weighted by atomic mass is 10.1. The summed E-state index contributed by atoms with van der Waals surface area (Å²) in [7, 11) is 0. The van der Waals surface area contributed by atoms with Gasteiger partial charge in [0.2, 0.25) is 0 Å². The third kappa shape index (κ3) is 2.36. The van der Waals surface area contributed by atoms with E-state index in [4.69, 9.17) is 4.74 Å². The Bertz CT molecular complexity index is 561. The van der Waals surface area contributed by atoms with E-state index in [1.54, 1.807) is 12.5 Å². The molecule has 3 rings (SSSR count). The molecule has 100 valence electrons. The van der Waals surface area contributed by atoms with Gasteiger partial charge in [-0.3, -0.25) is 0 Å². The molecule has 1 atom stereocenters. The summed E-state index contributed by atoms with van der Waals surface area (Å²) in [6.45, 7) is 2.53. The Kier molecular flexibility index (Phi) is 3.25. The monoisotopic (exact) mass is 258 g/mol. The number of imidazole rings is 1. The van der Waals surface area contributed by atoms with Gasteiger partial charge in [0.15, 0.2) is 0 Å². The molecule has 0 aliphatic heterocycles. The molecule has 4 heteroatoms. The lowest BCUT2D eigenvalue weighted by molar-refractivity contribution is 0.202. The number of rotatable bonds is 5. The quantitative estimate of drug-likeness (QED) is 0.897. The maximum absolute atomic E-state index is 10.6. The molecular weight excluding hydrogens is 240 g/mol. The van der Waals surface area contributed by atoms with Crippen LogP contribution < -0.4 is 4.74 Å². The summed E-state index contributed by atoms with van der Waals surface area (Å²) in [5.74, 6) is 0.737. The highest BCUT2D eigenvalue weighted by Crippen LogP contribution is 2.39. The van der Waals surface area contributed by atoms with Crippen LogP contribution in [0.15, 0.2) is 36.8 Å². The number of hydrogen-bond acceptors (Lipinski definition) is 3. The zero-order chi connectivity index (χ0) is 13.2. The van der Waals surface area contributed by atoms with Crippen molar-refractivity contribution in [1.82, 2.24) is 9.55 Å². The highest BCUT2D eigenvalue weighted by Gasteiger charge is 2.28. The molecule has 1 fully saturated rings. The first-order chi connectivity index (χ1) is 9.31. The van der Waals surface area contributed by atoms with Gasteiger partial charge in [0.05, 0.1) is 24.8 Å². The number of aromatic nitrogens is 2. The van der Waals surface area contributed by atoms with Gasteiger partial charge in [-0.05, 0) is 25.8 Å². The summed E-state index contributed by atoms with van der Waals surface area (Å²) in [4.78, 5) is 4.17. The van der Waals surface area contributed by atoms with Crippen molar-refractivity contribution in [3.63, 3.8) is 0 Å². The molecule has 1 aliphatic carbocycles. The van der Waals surface area contributed by atoms with E-state index in [0.29, 0.717) is 12.6 Å². The van der Waals surface area contributed by atoms with Crippen LogP contribution in [0.2, 0.25) is 0 Å². The zero-order valence-corrected chi connectivity index (χ0v) is 11.0. The Morgan fingerprint density at radius 2 is 2.21 bits per heavy atom. The average molecular weight is 258 g/mol. The minimum Gasteiger partial charge on any atom is -0.493 e. The van der Waals surface area contributed by atoms with Gasteiger partial charge in [0, 0.05) is 11.6 Å². The molecule has 1 aliphatic rings. The van der Waals surface area contributed by atoms with Crippen LogP contribution >= 0.6 is 0 Å². The lowest BCUT2D eigenvalue weighted by Crippen LogP contribution is -2.09. The van der Waals surface area contributed by atoms with E-state index < -0.39 is 6.10 Å². The van der Waals surface area contributed by atoms with Crippen molar-refractivity contribution < 1.29 is 9.84 Å². The fourth-order valence-electron chi connectivity index (χ4n) is 2.34. The molecule has 1 unspecified atom stereocenters. The molecule has 2 aromatic rings. The number of para-hydroxylation sites is 1. The van der Waals surface area contributed by atoms with Crippen LogP contribution in [-0.2, 0) is 0 Å². The Balaban J connectivity index is 1.94. The molecule has 0 spiro atoms. The average Bonchev–Trinajstić information content (AvgIpc) is 3.16. The number of benzene rings is 1. The molecule has 1 N–H and O–H groups in total. The van der Waals surface area contributed by atoms with E-state index in [9.17, 15) is 5.11 Å². The summed E-state index contributed by atoms with van der Waals surface area (Å²) in [6.07, 6.45) is 5.20. The van der Waals surface area contributed by atoms with Gasteiger partial charge in [0.25, 0.3) is 0 Å². The Hall–Kier alpha value is -1.81. The first-order valence-electron chi connectivity index (χ1n) is 6.72. The molecule has 1 heterocycles. The standard InChI is InChI=1S/C15H18N2O2/c1-2-19-14-6-4-3-5-12(14)15(18)13-9-16-10-17(13)11-7-8-11/h3-6,9-11,15,18H,2,7-8H2,1H3. The number of hydrogen-bond donors (Lipinski definition) is 1. The molecule has 1 saturated carbocycles. The molecule has 19 heavy (non-hydrogen) atoms. The Morgan fingerprint density at radius 1 is 1.42 bits per heavy atom. The minimum absolute atomic E-state index is 0.506. The molecular formula is C15H18N2O2. The van der Waals surface area contributed by atoms with Crippen LogP contribution in [0.4, 0.5) is 0 Å². The molecule has 4 nitrogen and oxygen atoms in total. The molecule has 0 bridgehead atoms. The maximum Gasteiger partial charge on any atom is 0.125 e. The summed E-state index contributed by atoms with van der Waals surface area (Å²) in [5.41, 5.74) is 1.64. The summed E-state index contributed by atoms with van der Waals surface area (Å²) < 4.78 is 7.66. The predicted octanol–water partition coefficient (Wildman–Crippen LogP) is 2.70. The predicted molar refractivity (Wildman–Crippen MR) is 72.2 cm³/mol. The van der Waals surface area contributed by atoms with Gasteiger partial charge in [0.1, 0.15) is 11.9 Å². The van der Waals surface area contributed by atoms with E-state index in [2.05, 4.69) is 9.55 Å². The molecule has 1 aromatic heterocycles. The first-order valence-corrected chi connectivity index (χ1v) is 6.72. The van der Waals surface area contributed by atoms with E-state index >= 15 is 0 Å². The number of nitrogens with zero attached hydrogens (tertiary/aromatic N) is 2. The third-order valence-electron chi connectivity index (χ3n) is 3.43. The second-order valence-corrected chi connectivity index (χ2v) is 4.83. The zero-order valence-electron chi connectivity index (χ0n) is 11.0. The summed E-state index contributed by atoms with van der Waals surface area (Å²) in [6, 6.07) is 8.13. The Labute approximate surface area is 112 Å². The van der Waals surface area contributed by atoms with Crippen molar-refractivity contribution in [2.75, 3.05) is 6.61 Å². The second kappa shape index (κ2) is 5.05. The van der Waals surface area contributed by atoms with Gasteiger partial charge >= 0.3 is 0 Å². The molecule has 0 saturated heterocycles. The number of aliphatic hydroxyl groups excluding tert-OH is 1. The smallest absolute Gasteiger partial charge is 0.125 e. The van der Waals surface area contributed by atoms with Crippen LogP contribution in [-0.4, -0.2) is 21.3 Å². The van der Waals surface area contributed by atoms with Crippen LogP contribution in [0.25, 0.3) is 0 Å². The molecule has 0 radical (unpaired) electrons. The van der Waals surface area contributed by atoms with Gasteiger partial charge in [-0.25, -0.2) is 4.98 Å². The SMILES string of the molecule is CCOc1ccccc1C(O)c1cncn1C1CC1. The highest BCUT2D eigenvalue weighted by atomic mass is 16.5. The Morgan fingerprint density at radius 3 is 2.95 bits per heavy atom. The van der Waals surface area contributed by atoms with Crippen LogP contribution in [0.5, 0.6) is 5.75 Å². The van der Waals surface area contributed by atoms with Gasteiger partial charge in [-0.15, -0.1) is 0 Å². The van der Waals surface area contributed by atoms with Crippen molar-refractivity contribution in [1.29, 1.82) is 0 Å². The van der Waals surface area contributed by atoms with Crippen molar-refractivity contribution >= 4 is 0 Å². The van der Waals surface area contributed by atoms with Gasteiger partial charge < -0.3 is 14.4 Å². The van der Waals surface area contributed by atoms with Gasteiger partial charge in [-0.2, -0.15) is 0 Å². The van der Waals surface area contributed by atoms with E-state index in [0.717, 1.165) is 17.0 Å². The number of ether oxygens (including phenoxy) is 1. The van der Waals surface area contributed by atoms with E-state index in [-0.39, 0.29) is 0 Å². The van der Waals surface area contributed by atoms with Crippen LogP contribution in [0.3, 0.4) is 0 Å².